The monoisotopic (exact) mass is 282 g/mol. The molecule has 4 nitrogen and oxygen atoms in total. The zero-order valence-electron chi connectivity index (χ0n) is 12.5. The van der Waals surface area contributed by atoms with Gasteiger partial charge in [-0.05, 0) is 56.2 Å². The molecule has 1 heterocycles. The van der Waals surface area contributed by atoms with Gasteiger partial charge in [0.15, 0.2) is 0 Å². The Balaban J connectivity index is 2.20. The number of benzene rings is 1. The van der Waals surface area contributed by atoms with E-state index in [2.05, 4.69) is 18.0 Å². The summed E-state index contributed by atoms with van der Waals surface area (Å²) in [6.07, 6.45) is 0.969. The Labute approximate surface area is 125 Å². The molecule has 0 saturated heterocycles. The van der Waals surface area contributed by atoms with Gasteiger partial charge in [-0.3, -0.25) is 0 Å². The van der Waals surface area contributed by atoms with Gasteiger partial charge < -0.3 is 9.47 Å². The van der Waals surface area contributed by atoms with Gasteiger partial charge in [-0.2, -0.15) is 5.26 Å². The van der Waals surface area contributed by atoms with Crippen LogP contribution in [0.4, 0.5) is 0 Å². The Morgan fingerprint density at radius 1 is 1.14 bits per heavy atom. The highest BCUT2D eigenvalue weighted by Crippen LogP contribution is 2.27. The zero-order chi connectivity index (χ0) is 15.2. The molecule has 0 radical (unpaired) electrons. The number of hydrogen-bond donors (Lipinski definition) is 0. The minimum atomic E-state index is 0.345. The average Bonchev–Trinajstić information content (AvgIpc) is 2.46. The van der Waals surface area contributed by atoms with Gasteiger partial charge in [0.25, 0.3) is 0 Å². The third kappa shape index (κ3) is 3.73. The molecule has 0 fully saturated rings. The first-order valence-electron chi connectivity index (χ1n) is 6.93. The van der Waals surface area contributed by atoms with Crippen LogP contribution in [0, 0.1) is 25.2 Å². The molecule has 1 aromatic carbocycles. The fourth-order valence-corrected chi connectivity index (χ4v) is 1.95. The lowest BCUT2D eigenvalue weighted by atomic mass is 10.1. The SMILES string of the molecule is CCCOc1ccc(Oc2nc(C)cc(C)c2C#N)cc1. The number of rotatable bonds is 5. The van der Waals surface area contributed by atoms with Crippen LogP contribution in [0.5, 0.6) is 17.4 Å². The van der Waals surface area contributed by atoms with Crippen molar-refractivity contribution in [1.29, 1.82) is 5.26 Å². The molecule has 0 aliphatic rings. The van der Waals surface area contributed by atoms with Gasteiger partial charge in [-0.15, -0.1) is 0 Å². The van der Waals surface area contributed by atoms with Gasteiger partial charge >= 0.3 is 0 Å². The number of pyridine rings is 1. The first-order valence-corrected chi connectivity index (χ1v) is 6.93. The molecule has 2 rings (SSSR count). The summed E-state index contributed by atoms with van der Waals surface area (Å²) in [5.74, 6) is 1.78. The quantitative estimate of drug-likeness (QED) is 0.826. The van der Waals surface area contributed by atoms with Crippen molar-refractivity contribution in [2.24, 2.45) is 0 Å². The summed E-state index contributed by atoms with van der Waals surface area (Å²) in [4.78, 5) is 4.30. The summed E-state index contributed by atoms with van der Waals surface area (Å²) in [5, 5.41) is 9.22. The van der Waals surface area contributed by atoms with Crippen LogP contribution in [0.25, 0.3) is 0 Å². The molecule has 0 spiro atoms. The minimum Gasteiger partial charge on any atom is -0.494 e. The Bertz CT molecular complexity index is 658. The maximum atomic E-state index is 9.22. The predicted molar refractivity (Wildman–Crippen MR) is 80.7 cm³/mol. The molecule has 0 saturated carbocycles. The highest BCUT2D eigenvalue weighted by Gasteiger charge is 2.10. The molecule has 0 atom stereocenters. The molecule has 4 heteroatoms. The smallest absolute Gasteiger partial charge is 0.237 e. The third-order valence-electron chi connectivity index (χ3n) is 2.93. The lowest BCUT2D eigenvalue weighted by Gasteiger charge is -2.10. The molecule has 1 aromatic heterocycles. The van der Waals surface area contributed by atoms with E-state index in [0.29, 0.717) is 23.8 Å². The second-order valence-corrected chi connectivity index (χ2v) is 4.79. The van der Waals surface area contributed by atoms with Crippen LogP contribution >= 0.6 is 0 Å². The second kappa shape index (κ2) is 6.76. The van der Waals surface area contributed by atoms with Crippen molar-refractivity contribution in [1.82, 2.24) is 4.98 Å². The second-order valence-electron chi connectivity index (χ2n) is 4.79. The Morgan fingerprint density at radius 2 is 1.81 bits per heavy atom. The van der Waals surface area contributed by atoms with E-state index in [0.717, 1.165) is 23.4 Å². The van der Waals surface area contributed by atoms with Gasteiger partial charge in [0.2, 0.25) is 5.88 Å². The van der Waals surface area contributed by atoms with E-state index in [1.807, 2.05) is 44.2 Å². The first-order chi connectivity index (χ1) is 10.1. The average molecular weight is 282 g/mol. The van der Waals surface area contributed by atoms with Crippen molar-refractivity contribution < 1.29 is 9.47 Å². The largest absolute Gasteiger partial charge is 0.494 e. The molecular formula is C17H18N2O2. The molecule has 0 unspecified atom stereocenters. The van der Waals surface area contributed by atoms with E-state index < -0.39 is 0 Å². The van der Waals surface area contributed by atoms with Crippen LogP contribution in [0.3, 0.4) is 0 Å². The summed E-state index contributed by atoms with van der Waals surface area (Å²) in [5.41, 5.74) is 2.15. The van der Waals surface area contributed by atoms with Gasteiger partial charge in [0.1, 0.15) is 23.1 Å². The van der Waals surface area contributed by atoms with E-state index in [-0.39, 0.29) is 0 Å². The number of nitriles is 1. The number of aryl methyl sites for hydroxylation is 2. The number of hydrogen-bond acceptors (Lipinski definition) is 4. The van der Waals surface area contributed by atoms with Crippen LogP contribution in [0.15, 0.2) is 30.3 Å². The van der Waals surface area contributed by atoms with Gasteiger partial charge in [0, 0.05) is 5.69 Å². The molecule has 0 aliphatic carbocycles. The van der Waals surface area contributed by atoms with Crippen molar-refractivity contribution in [2.45, 2.75) is 27.2 Å². The predicted octanol–water partition coefficient (Wildman–Crippen LogP) is 4.15. The lowest BCUT2D eigenvalue weighted by molar-refractivity contribution is 0.317. The molecule has 21 heavy (non-hydrogen) atoms. The van der Waals surface area contributed by atoms with E-state index in [9.17, 15) is 5.26 Å². The highest BCUT2D eigenvalue weighted by atomic mass is 16.5. The molecule has 108 valence electrons. The van der Waals surface area contributed by atoms with Crippen LogP contribution in [-0.2, 0) is 0 Å². The van der Waals surface area contributed by atoms with E-state index >= 15 is 0 Å². The van der Waals surface area contributed by atoms with E-state index in [4.69, 9.17) is 9.47 Å². The Hall–Kier alpha value is -2.54. The minimum absolute atomic E-state index is 0.345. The van der Waals surface area contributed by atoms with Crippen molar-refractivity contribution >= 4 is 0 Å². The van der Waals surface area contributed by atoms with Crippen LogP contribution in [-0.4, -0.2) is 11.6 Å². The summed E-state index contributed by atoms with van der Waals surface area (Å²) in [6, 6.07) is 11.3. The topological polar surface area (TPSA) is 55.1 Å². The van der Waals surface area contributed by atoms with Crippen LogP contribution < -0.4 is 9.47 Å². The van der Waals surface area contributed by atoms with E-state index in [1.54, 1.807) is 0 Å². The van der Waals surface area contributed by atoms with Crippen LogP contribution in [0.2, 0.25) is 0 Å². The van der Waals surface area contributed by atoms with Gasteiger partial charge in [-0.1, -0.05) is 6.92 Å². The summed E-state index contributed by atoms with van der Waals surface area (Å²) < 4.78 is 11.3. The molecule has 0 aliphatic heterocycles. The first kappa shape index (κ1) is 14.9. The molecule has 2 aromatic rings. The molecule has 0 amide bonds. The number of ether oxygens (including phenoxy) is 2. The Kier molecular flexibility index (Phi) is 4.78. The molecule has 0 N–H and O–H groups in total. The Morgan fingerprint density at radius 3 is 2.43 bits per heavy atom. The summed E-state index contributed by atoms with van der Waals surface area (Å²) in [7, 11) is 0. The fraction of sp³-hybridized carbons (Fsp3) is 0.294. The summed E-state index contributed by atoms with van der Waals surface area (Å²) in [6.45, 7) is 6.51. The van der Waals surface area contributed by atoms with Crippen molar-refractivity contribution in [3.63, 3.8) is 0 Å². The maximum Gasteiger partial charge on any atom is 0.237 e. The highest BCUT2D eigenvalue weighted by molar-refractivity contribution is 5.47. The lowest BCUT2D eigenvalue weighted by Crippen LogP contribution is -1.97. The number of nitrogens with zero attached hydrogens (tertiary/aromatic N) is 2. The standard InChI is InChI=1S/C17H18N2O2/c1-4-9-20-14-5-7-15(8-6-14)21-17-16(11-18)12(2)10-13(3)19-17/h5-8,10H,4,9H2,1-3H3. The van der Waals surface area contributed by atoms with Gasteiger partial charge in [0.05, 0.1) is 6.61 Å². The molecular weight excluding hydrogens is 264 g/mol. The number of aromatic nitrogens is 1. The molecule has 0 bridgehead atoms. The van der Waals surface area contributed by atoms with E-state index in [1.165, 1.54) is 0 Å². The fourth-order valence-electron chi connectivity index (χ4n) is 1.95. The normalized spacial score (nSPS) is 10.0. The summed E-state index contributed by atoms with van der Waals surface area (Å²) >= 11 is 0. The van der Waals surface area contributed by atoms with Gasteiger partial charge in [-0.25, -0.2) is 4.98 Å². The zero-order valence-corrected chi connectivity index (χ0v) is 12.5. The van der Waals surface area contributed by atoms with Crippen molar-refractivity contribution in [3.05, 3.63) is 47.2 Å². The maximum absolute atomic E-state index is 9.22. The third-order valence-corrected chi connectivity index (χ3v) is 2.93. The van der Waals surface area contributed by atoms with Crippen molar-refractivity contribution in [3.8, 4) is 23.4 Å². The van der Waals surface area contributed by atoms with Crippen molar-refractivity contribution in [2.75, 3.05) is 6.61 Å². The van der Waals surface area contributed by atoms with Crippen LogP contribution in [0.1, 0.15) is 30.2 Å².